The minimum atomic E-state index is 0.0331. The second-order valence-corrected chi connectivity index (χ2v) is 9.22. The first-order valence-corrected chi connectivity index (χ1v) is 11.9. The molecule has 1 N–H and O–H groups in total. The molecule has 0 bridgehead atoms. The van der Waals surface area contributed by atoms with Gasteiger partial charge >= 0.3 is 0 Å². The maximum atomic E-state index is 13.4. The quantitative estimate of drug-likeness (QED) is 0.597. The third-order valence-corrected chi connectivity index (χ3v) is 6.76. The lowest BCUT2D eigenvalue weighted by molar-refractivity contribution is -0.138. The van der Waals surface area contributed by atoms with Crippen LogP contribution in [0.5, 0.6) is 0 Å². The van der Waals surface area contributed by atoms with Gasteiger partial charge in [0.25, 0.3) is 0 Å². The van der Waals surface area contributed by atoms with Crippen LogP contribution >= 0.6 is 0 Å². The zero-order chi connectivity index (χ0) is 22.4. The van der Waals surface area contributed by atoms with E-state index in [0.29, 0.717) is 13.1 Å². The van der Waals surface area contributed by atoms with Gasteiger partial charge in [-0.3, -0.25) is 9.59 Å². The van der Waals surface area contributed by atoms with Gasteiger partial charge in [-0.25, -0.2) is 0 Å². The topological polar surface area (TPSA) is 61.9 Å². The Hall–Kier alpha value is -2.08. The van der Waals surface area contributed by atoms with Gasteiger partial charge in [-0.15, -0.1) is 0 Å². The van der Waals surface area contributed by atoms with Gasteiger partial charge in [-0.1, -0.05) is 20.3 Å². The molecule has 172 valence electrons. The predicted molar refractivity (Wildman–Crippen MR) is 125 cm³/mol. The van der Waals surface area contributed by atoms with Gasteiger partial charge in [0, 0.05) is 57.0 Å². The lowest BCUT2D eigenvalue weighted by Crippen LogP contribution is -2.40. The van der Waals surface area contributed by atoms with E-state index in [0.717, 1.165) is 68.5 Å². The Balaban J connectivity index is 1.83. The first kappa shape index (κ1) is 23.6. The second kappa shape index (κ2) is 11.0. The van der Waals surface area contributed by atoms with Crippen LogP contribution in [0.25, 0.3) is 0 Å². The summed E-state index contributed by atoms with van der Waals surface area (Å²) < 4.78 is 5.86. The Morgan fingerprint density at radius 1 is 1.13 bits per heavy atom. The summed E-state index contributed by atoms with van der Waals surface area (Å²) in [6.45, 7) is 6.09. The highest BCUT2D eigenvalue weighted by Gasteiger charge is 2.28. The number of rotatable bonds is 10. The highest BCUT2D eigenvalue weighted by atomic mass is 16.5. The number of nitrogens with zero attached hydrogens (tertiary/aromatic N) is 2. The zero-order valence-corrected chi connectivity index (χ0v) is 19.7. The molecule has 1 aromatic carbocycles. The summed E-state index contributed by atoms with van der Waals surface area (Å²) in [5, 5.41) is 3.09. The fraction of sp³-hybridized carbons (Fsp3) is 0.680. The van der Waals surface area contributed by atoms with Crippen molar-refractivity contribution < 1.29 is 14.3 Å². The van der Waals surface area contributed by atoms with Crippen LogP contribution in [0.15, 0.2) is 18.2 Å². The molecule has 0 spiro atoms. The molecular weight excluding hydrogens is 390 g/mol. The molecule has 3 rings (SSSR count). The van der Waals surface area contributed by atoms with E-state index in [1.165, 1.54) is 0 Å². The number of hydrogen-bond donors (Lipinski definition) is 1. The molecule has 1 aliphatic carbocycles. The fourth-order valence-electron chi connectivity index (χ4n) is 4.51. The standard InChI is InChI=1S/C25H39N3O3/c1-5-18(6-2)25(30)28(17-22-11-8-14-31-22)16-20-15-21(12-13-23(20)27(3)4)26-24(29)19-9-7-10-19/h12-13,15,18-19,22H,5-11,14,16-17H2,1-4H3,(H,26,29)/t22-/m1/s1. The van der Waals surface area contributed by atoms with Gasteiger partial charge in [-0.05, 0) is 62.3 Å². The van der Waals surface area contributed by atoms with E-state index >= 15 is 0 Å². The molecular formula is C25H39N3O3. The number of amides is 2. The Morgan fingerprint density at radius 3 is 2.42 bits per heavy atom. The van der Waals surface area contributed by atoms with Crippen LogP contribution in [0.3, 0.4) is 0 Å². The molecule has 6 heteroatoms. The molecule has 1 saturated heterocycles. The highest BCUT2D eigenvalue weighted by Crippen LogP contribution is 2.30. The third kappa shape index (κ3) is 6.00. The number of anilines is 2. The van der Waals surface area contributed by atoms with Crippen molar-refractivity contribution in [1.29, 1.82) is 0 Å². The summed E-state index contributed by atoms with van der Waals surface area (Å²) in [6, 6.07) is 6.04. The van der Waals surface area contributed by atoms with Crippen LogP contribution in [0.4, 0.5) is 11.4 Å². The van der Waals surface area contributed by atoms with Crippen LogP contribution in [-0.2, 0) is 20.9 Å². The monoisotopic (exact) mass is 429 g/mol. The minimum Gasteiger partial charge on any atom is -0.377 e. The molecule has 1 aromatic rings. The summed E-state index contributed by atoms with van der Waals surface area (Å²) in [5.74, 6) is 0.489. The van der Waals surface area contributed by atoms with Crippen molar-refractivity contribution in [3.63, 3.8) is 0 Å². The molecule has 2 fully saturated rings. The van der Waals surface area contributed by atoms with Crippen LogP contribution in [-0.4, -0.2) is 50.1 Å². The van der Waals surface area contributed by atoms with Gasteiger partial charge in [0.2, 0.25) is 11.8 Å². The molecule has 1 heterocycles. The second-order valence-electron chi connectivity index (χ2n) is 9.22. The summed E-state index contributed by atoms with van der Waals surface area (Å²) in [6.07, 6.45) is 6.96. The lowest BCUT2D eigenvalue weighted by Gasteiger charge is -2.31. The fourth-order valence-corrected chi connectivity index (χ4v) is 4.51. The molecule has 0 radical (unpaired) electrons. The summed E-state index contributed by atoms with van der Waals surface area (Å²) in [5.41, 5.74) is 2.93. The molecule has 31 heavy (non-hydrogen) atoms. The van der Waals surface area contributed by atoms with Gasteiger partial charge in [-0.2, -0.15) is 0 Å². The normalized spacial score (nSPS) is 18.7. The van der Waals surface area contributed by atoms with Gasteiger partial charge < -0.3 is 19.9 Å². The molecule has 6 nitrogen and oxygen atoms in total. The first-order valence-electron chi connectivity index (χ1n) is 11.9. The van der Waals surface area contributed by atoms with Crippen LogP contribution in [0.2, 0.25) is 0 Å². The van der Waals surface area contributed by atoms with Gasteiger partial charge in [0.1, 0.15) is 0 Å². The van der Waals surface area contributed by atoms with E-state index < -0.39 is 0 Å². The Morgan fingerprint density at radius 2 is 1.87 bits per heavy atom. The van der Waals surface area contributed by atoms with Gasteiger partial charge in [0.05, 0.1) is 6.10 Å². The Labute approximate surface area is 187 Å². The van der Waals surface area contributed by atoms with Gasteiger partial charge in [0.15, 0.2) is 0 Å². The van der Waals surface area contributed by atoms with Crippen molar-refractivity contribution >= 4 is 23.2 Å². The SMILES string of the molecule is CCC(CC)C(=O)N(Cc1cc(NC(=O)C2CCC2)ccc1N(C)C)C[C@H]1CCCO1. The number of ether oxygens (including phenoxy) is 1. The highest BCUT2D eigenvalue weighted by molar-refractivity contribution is 5.93. The maximum absolute atomic E-state index is 13.4. The average molecular weight is 430 g/mol. The number of carbonyl (C=O) groups excluding carboxylic acids is 2. The third-order valence-electron chi connectivity index (χ3n) is 6.76. The molecule has 1 atom stereocenters. The van der Waals surface area contributed by atoms with Crippen molar-refractivity contribution in [2.24, 2.45) is 11.8 Å². The van der Waals surface area contributed by atoms with Crippen molar-refractivity contribution in [3.8, 4) is 0 Å². The number of nitrogens with one attached hydrogen (secondary N) is 1. The van der Waals surface area contributed by atoms with E-state index in [-0.39, 0.29) is 29.8 Å². The van der Waals surface area contributed by atoms with Crippen molar-refractivity contribution in [2.75, 3.05) is 37.5 Å². The smallest absolute Gasteiger partial charge is 0.227 e. The summed E-state index contributed by atoms with van der Waals surface area (Å²) in [4.78, 5) is 29.9. The largest absolute Gasteiger partial charge is 0.377 e. The number of carbonyl (C=O) groups is 2. The predicted octanol–water partition coefficient (Wildman–Crippen LogP) is 4.44. The minimum absolute atomic E-state index is 0.0331. The first-order chi connectivity index (χ1) is 14.9. The molecule has 1 saturated carbocycles. The number of hydrogen-bond acceptors (Lipinski definition) is 4. The van der Waals surface area contributed by atoms with E-state index in [1.54, 1.807) is 0 Å². The Kier molecular flexibility index (Phi) is 8.35. The number of benzene rings is 1. The summed E-state index contributed by atoms with van der Waals surface area (Å²) >= 11 is 0. The molecule has 0 aromatic heterocycles. The van der Waals surface area contributed by atoms with E-state index in [9.17, 15) is 9.59 Å². The Bertz CT molecular complexity index is 750. The van der Waals surface area contributed by atoms with Crippen LogP contribution in [0, 0.1) is 11.8 Å². The van der Waals surface area contributed by atoms with E-state index in [2.05, 4.69) is 24.1 Å². The van der Waals surface area contributed by atoms with Crippen molar-refractivity contribution in [3.05, 3.63) is 23.8 Å². The average Bonchev–Trinajstić information content (AvgIpc) is 3.20. The lowest BCUT2D eigenvalue weighted by atomic mass is 9.85. The molecule has 0 unspecified atom stereocenters. The maximum Gasteiger partial charge on any atom is 0.227 e. The van der Waals surface area contributed by atoms with Crippen molar-refractivity contribution in [2.45, 2.75) is 71.4 Å². The van der Waals surface area contributed by atoms with Crippen LogP contribution in [0.1, 0.15) is 64.4 Å². The zero-order valence-electron chi connectivity index (χ0n) is 19.7. The van der Waals surface area contributed by atoms with Crippen molar-refractivity contribution in [1.82, 2.24) is 4.90 Å². The summed E-state index contributed by atoms with van der Waals surface area (Å²) in [7, 11) is 4.02. The molecule has 1 aliphatic heterocycles. The molecule has 2 amide bonds. The van der Waals surface area contributed by atoms with E-state index in [1.807, 2.05) is 37.2 Å². The van der Waals surface area contributed by atoms with E-state index in [4.69, 9.17) is 4.74 Å². The van der Waals surface area contributed by atoms with Crippen LogP contribution < -0.4 is 10.2 Å². The molecule has 2 aliphatic rings.